The Bertz CT molecular complexity index is 777. The lowest BCUT2D eigenvalue weighted by Gasteiger charge is -2.15. The second kappa shape index (κ2) is 7.70. The van der Waals surface area contributed by atoms with Crippen molar-refractivity contribution < 1.29 is 14.3 Å². The molecule has 0 aliphatic heterocycles. The number of nitrogens with zero attached hydrogens (tertiary/aromatic N) is 3. The molecule has 124 valence electrons. The van der Waals surface area contributed by atoms with Gasteiger partial charge in [0.15, 0.2) is 11.7 Å². The third-order valence-corrected chi connectivity index (χ3v) is 4.36. The van der Waals surface area contributed by atoms with Crippen molar-refractivity contribution in [2.24, 2.45) is 0 Å². The molecule has 1 atom stereocenters. The molecule has 0 bridgehead atoms. The van der Waals surface area contributed by atoms with Crippen LogP contribution in [0.15, 0.2) is 29.6 Å². The molecule has 1 amide bonds. The van der Waals surface area contributed by atoms with E-state index in [4.69, 9.17) is 0 Å². The maximum Gasteiger partial charge on any atom is 0.409 e. The summed E-state index contributed by atoms with van der Waals surface area (Å²) in [5, 5.41) is 11.6. The second-order valence-corrected chi connectivity index (χ2v) is 6.18. The highest BCUT2D eigenvalue weighted by atomic mass is 32.1. The predicted octanol–water partition coefficient (Wildman–Crippen LogP) is 2.99. The van der Waals surface area contributed by atoms with Gasteiger partial charge in [-0.05, 0) is 6.92 Å². The number of methoxy groups -OCH3 is 1. The lowest BCUT2D eigenvalue weighted by atomic mass is 10.1. The van der Waals surface area contributed by atoms with Gasteiger partial charge in [-0.3, -0.25) is 4.79 Å². The van der Waals surface area contributed by atoms with Gasteiger partial charge < -0.3 is 9.64 Å². The zero-order valence-corrected chi connectivity index (χ0v) is 14.5. The topological polar surface area (TPSA) is 83.3 Å². The molecular formula is C17H17N3O3S. The number of carbonyl (C=O) groups excluding carboxylic acids is 2. The van der Waals surface area contributed by atoms with Crippen LogP contribution in [0.4, 0.5) is 4.79 Å². The highest BCUT2D eigenvalue weighted by Gasteiger charge is 2.26. The number of ketones is 1. The van der Waals surface area contributed by atoms with Gasteiger partial charge in [0.05, 0.1) is 25.4 Å². The van der Waals surface area contributed by atoms with Crippen molar-refractivity contribution in [3.63, 3.8) is 0 Å². The molecule has 24 heavy (non-hydrogen) atoms. The van der Waals surface area contributed by atoms with E-state index in [9.17, 15) is 14.9 Å². The van der Waals surface area contributed by atoms with Crippen LogP contribution < -0.4 is 0 Å². The minimum Gasteiger partial charge on any atom is -0.453 e. The van der Waals surface area contributed by atoms with E-state index >= 15 is 0 Å². The summed E-state index contributed by atoms with van der Waals surface area (Å²) >= 11 is 1.26. The fraction of sp³-hybridized carbons (Fsp3) is 0.294. The summed E-state index contributed by atoms with van der Waals surface area (Å²) in [7, 11) is 2.68. The Morgan fingerprint density at radius 2 is 2.04 bits per heavy atom. The SMILES string of the molecule is COC(=O)N(C)CC(=O)[C@@H](C#N)c1nc(-c2ccc(C)cc2)cs1. The summed E-state index contributed by atoms with van der Waals surface area (Å²) in [6, 6.07) is 9.83. The van der Waals surface area contributed by atoms with E-state index in [1.165, 1.54) is 25.5 Å². The molecule has 0 saturated heterocycles. The third-order valence-electron chi connectivity index (χ3n) is 3.45. The largest absolute Gasteiger partial charge is 0.453 e. The van der Waals surface area contributed by atoms with Gasteiger partial charge in [-0.15, -0.1) is 11.3 Å². The first-order valence-electron chi connectivity index (χ1n) is 7.20. The van der Waals surface area contributed by atoms with Crippen molar-refractivity contribution >= 4 is 23.2 Å². The molecule has 0 saturated carbocycles. The molecule has 2 rings (SSSR count). The summed E-state index contributed by atoms with van der Waals surface area (Å²) in [5.41, 5.74) is 2.80. The number of likely N-dealkylation sites (N-methyl/N-ethyl adjacent to an activating group) is 1. The van der Waals surface area contributed by atoms with Gasteiger partial charge in [-0.1, -0.05) is 29.8 Å². The fourth-order valence-corrected chi connectivity index (χ4v) is 2.98. The molecule has 6 nitrogen and oxygen atoms in total. The molecule has 0 unspecified atom stereocenters. The van der Waals surface area contributed by atoms with Crippen LogP contribution in [0.1, 0.15) is 16.5 Å². The van der Waals surface area contributed by atoms with Crippen molar-refractivity contribution in [3.8, 4) is 17.3 Å². The third kappa shape index (κ3) is 3.97. The molecule has 1 aromatic heterocycles. The Morgan fingerprint density at radius 3 is 2.62 bits per heavy atom. The number of hydrogen-bond donors (Lipinski definition) is 0. The van der Waals surface area contributed by atoms with Crippen LogP contribution >= 0.6 is 11.3 Å². The summed E-state index contributed by atoms with van der Waals surface area (Å²) in [4.78, 5) is 29.2. The molecule has 1 heterocycles. The number of nitriles is 1. The first-order valence-corrected chi connectivity index (χ1v) is 8.08. The number of rotatable bonds is 5. The van der Waals surface area contributed by atoms with Gasteiger partial charge in [0.25, 0.3) is 0 Å². The van der Waals surface area contributed by atoms with E-state index in [-0.39, 0.29) is 6.54 Å². The van der Waals surface area contributed by atoms with Crippen molar-refractivity contribution in [1.29, 1.82) is 5.26 Å². The Balaban J connectivity index is 2.17. The van der Waals surface area contributed by atoms with Crippen LogP contribution in [-0.4, -0.2) is 42.5 Å². The molecule has 0 fully saturated rings. The zero-order chi connectivity index (χ0) is 17.7. The Morgan fingerprint density at radius 1 is 1.38 bits per heavy atom. The minimum absolute atomic E-state index is 0.204. The predicted molar refractivity (Wildman–Crippen MR) is 90.7 cm³/mol. The van der Waals surface area contributed by atoms with Crippen LogP contribution in [0.3, 0.4) is 0 Å². The van der Waals surface area contributed by atoms with E-state index in [1.54, 1.807) is 0 Å². The highest BCUT2D eigenvalue weighted by molar-refractivity contribution is 7.10. The number of carbonyl (C=O) groups is 2. The lowest BCUT2D eigenvalue weighted by molar-refractivity contribution is -0.120. The van der Waals surface area contributed by atoms with E-state index < -0.39 is 17.8 Å². The second-order valence-electron chi connectivity index (χ2n) is 5.29. The quantitative estimate of drug-likeness (QED) is 0.833. The summed E-state index contributed by atoms with van der Waals surface area (Å²) in [6.07, 6.45) is -0.625. The number of amides is 1. The van der Waals surface area contributed by atoms with E-state index in [0.29, 0.717) is 5.01 Å². The normalized spacial score (nSPS) is 11.4. The maximum atomic E-state index is 12.3. The average molecular weight is 343 g/mol. The maximum absolute atomic E-state index is 12.3. The van der Waals surface area contributed by atoms with Gasteiger partial charge in [0.2, 0.25) is 0 Å². The molecule has 7 heteroatoms. The minimum atomic E-state index is -0.999. The van der Waals surface area contributed by atoms with Gasteiger partial charge in [-0.2, -0.15) is 5.26 Å². The average Bonchev–Trinajstić information content (AvgIpc) is 3.05. The number of hydrogen-bond acceptors (Lipinski definition) is 6. The smallest absolute Gasteiger partial charge is 0.409 e. The number of ether oxygens (including phenoxy) is 1. The van der Waals surface area contributed by atoms with Crippen LogP contribution in [-0.2, 0) is 9.53 Å². The number of aryl methyl sites for hydroxylation is 1. The summed E-state index contributed by atoms with van der Waals surface area (Å²) in [6.45, 7) is 1.79. The van der Waals surface area contributed by atoms with E-state index in [1.807, 2.05) is 42.6 Å². The molecule has 2 aromatic rings. The van der Waals surface area contributed by atoms with Crippen LogP contribution in [0.2, 0.25) is 0 Å². The van der Waals surface area contributed by atoms with Gasteiger partial charge in [0.1, 0.15) is 5.01 Å². The number of aromatic nitrogens is 1. The molecular weight excluding hydrogens is 326 g/mol. The molecule has 0 aliphatic carbocycles. The number of Topliss-reactive ketones (excluding diaryl/α,β-unsaturated/α-hetero) is 1. The van der Waals surface area contributed by atoms with E-state index in [0.717, 1.165) is 21.7 Å². The summed E-state index contributed by atoms with van der Waals surface area (Å²) in [5.74, 6) is -1.39. The molecule has 0 radical (unpaired) electrons. The first kappa shape index (κ1) is 17.6. The van der Waals surface area contributed by atoms with Gasteiger partial charge in [0, 0.05) is 18.0 Å². The van der Waals surface area contributed by atoms with Crippen LogP contribution in [0.25, 0.3) is 11.3 Å². The fourth-order valence-electron chi connectivity index (χ4n) is 2.09. The Hall–Kier alpha value is -2.72. The van der Waals surface area contributed by atoms with Gasteiger partial charge in [-0.25, -0.2) is 9.78 Å². The Kier molecular flexibility index (Phi) is 5.66. The highest BCUT2D eigenvalue weighted by Crippen LogP contribution is 2.27. The van der Waals surface area contributed by atoms with Crippen LogP contribution in [0, 0.1) is 18.3 Å². The lowest BCUT2D eigenvalue weighted by Crippen LogP contribution is -2.34. The van der Waals surface area contributed by atoms with Gasteiger partial charge >= 0.3 is 6.09 Å². The standard InChI is InChI=1S/C17H17N3O3S/c1-11-4-6-12(7-5-11)14-10-24-16(19-14)13(8-18)15(21)9-20(2)17(22)23-3/h4-7,10,13H,9H2,1-3H3/t13-/m1/s1. The van der Waals surface area contributed by atoms with Crippen molar-refractivity contribution in [2.45, 2.75) is 12.8 Å². The van der Waals surface area contributed by atoms with Crippen molar-refractivity contribution in [1.82, 2.24) is 9.88 Å². The Labute approximate surface area is 144 Å². The van der Waals surface area contributed by atoms with E-state index in [2.05, 4.69) is 9.72 Å². The monoisotopic (exact) mass is 343 g/mol. The summed E-state index contributed by atoms with van der Waals surface area (Å²) < 4.78 is 4.54. The molecule has 0 N–H and O–H groups in total. The zero-order valence-electron chi connectivity index (χ0n) is 13.6. The van der Waals surface area contributed by atoms with Crippen molar-refractivity contribution in [2.75, 3.05) is 20.7 Å². The molecule has 0 aliphatic rings. The molecule has 1 aromatic carbocycles. The van der Waals surface area contributed by atoms with Crippen molar-refractivity contribution in [3.05, 3.63) is 40.2 Å². The number of thiazole rings is 1. The first-order chi connectivity index (χ1) is 11.5. The number of benzene rings is 1. The molecule has 0 spiro atoms. The van der Waals surface area contributed by atoms with Crippen LogP contribution in [0.5, 0.6) is 0 Å².